The summed E-state index contributed by atoms with van der Waals surface area (Å²) in [7, 11) is 0. The molecule has 0 saturated carbocycles. The van der Waals surface area contributed by atoms with E-state index < -0.39 is 11.6 Å². The Bertz CT molecular complexity index is 781. The maximum absolute atomic E-state index is 12.0. The minimum Gasteiger partial charge on any atom is -0.384 e. The molecule has 7 nitrogen and oxygen atoms in total. The number of fused-ring (bicyclic) bond motifs is 1. The zero-order valence-corrected chi connectivity index (χ0v) is 12.7. The molecule has 114 valence electrons. The topological polar surface area (TPSA) is 91.5 Å². The number of nitrogens with zero attached hydrogens (tertiary/aromatic N) is 3. The van der Waals surface area contributed by atoms with Crippen molar-refractivity contribution in [2.45, 2.75) is 12.5 Å². The maximum Gasteiger partial charge on any atom is 0.321 e. The van der Waals surface area contributed by atoms with Crippen LogP contribution < -0.4 is 10.6 Å². The Balaban J connectivity index is 1.63. The highest BCUT2D eigenvalue weighted by molar-refractivity contribution is 7.08. The van der Waals surface area contributed by atoms with E-state index in [9.17, 15) is 9.90 Å². The van der Waals surface area contributed by atoms with E-state index in [-0.39, 0.29) is 6.54 Å². The average molecular weight is 317 g/mol. The molecule has 3 rings (SSSR count). The summed E-state index contributed by atoms with van der Waals surface area (Å²) in [6.07, 6.45) is 1.76. The number of anilines is 1. The molecule has 8 heteroatoms. The lowest BCUT2D eigenvalue weighted by Gasteiger charge is -2.22. The van der Waals surface area contributed by atoms with Gasteiger partial charge in [0, 0.05) is 6.20 Å². The van der Waals surface area contributed by atoms with Gasteiger partial charge in [0.15, 0.2) is 5.65 Å². The lowest BCUT2D eigenvalue weighted by Crippen LogP contribution is -2.40. The smallest absolute Gasteiger partial charge is 0.321 e. The summed E-state index contributed by atoms with van der Waals surface area (Å²) in [6, 6.07) is 6.83. The zero-order valence-electron chi connectivity index (χ0n) is 11.9. The molecule has 0 fully saturated rings. The highest BCUT2D eigenvalue weighted by Crippen LogP contribution is 2.22. The van der Waals surface area contributed by atoms with E-state index in [1.165, 1.54) is 11.3 Å². The average Bonchev–Trinajstić information content (AvgIpc) is 3.16. The summed E-state index contributed by atoms with van der Waals surface area (Å²) >= 11 is 1.50. The van der Waals surface area contributed by atoms with E-state index in [0.29, 0.717) is 11.6 Å². The number of amides is 2. The third-order valence-corrected chi connectivity index (χ3v) is 3.96. The first-order valence-corrected chi connectivity index (χ1v) is 7.60. The molecule has 0 aliphatic rings. The zero-order chi connectivity index (χ0) is 15.6. The molecule has 0 aromatic carbocycles. The highest BCUT2D eigenvalue weighted by atomic mass is 32.1. The van der Waals surface area contributed by atoms with Gasteiger partial charge >= 0.3 is 6.03 Å². The maximum atomic E-state index is 12.0. The summed E-state index contributed by atoms with van der Waals surface area (Å²) in [5, 5.41) is 27.2. The number of carbonyl (C=O) groups excluding carboxylic acids is 1. The minimum absolute atomic E-state index is 0.0896. The van der Waals surface area contributed by atoms with Crippen LogP contribution in [0.2, 0.25) is 0 Å². The largest absolute Gasteiger partial charge is 0.384 e. The summed E-state index contributed by atoms with van der Waals surface area (Å²) in [5.41, 5.74) is 0.290. The summed E-state index contributed by atoms with van der Waals surface area (Å²) in [5.74, 6) is 0.322. The molecule has 3 aromatic heterocycles. The van der Waals surface area contributed by atoms with Crippen LogP contribution in [0.4, 0.5) is 10.7 Å². The van der Waals surface area contributed by atoms with Gasteiger partial charge in [-0.1, -0.05) is 6.07 Å². The monoisotopic (exact) mass is 317 g/mol. The second-order valence-corrected chi connectivity index (χ2v) is 5.83. The van der Waals surface area contributed by atoms with Gasteiger partial charge in [0.2, 0.25) is 5.95 Å². The fraction of sp³-hybridized carbons (Fsp3) is 0.214. The molecule has 3 aromatic rings. The van der Waals surface area contributed by atoms with Crippen molar-refractivity contribution >= 4 is 29.0 Å². The van der Waals surface area contributed by atoms with Gasteiger partial charge in [-0.3, -0.25) is 9.72 Å². The first-order chi connectivity index (χ1) is 10.6. The molecule has 0 aliphatic carbocycles. The third kappa shape index (κ3) is 2.92. The van der Waals surface area contributed by atoms with Gasteiger partial charge in [0.1, 0.15) is 5.60 Å². The van der Waals surface area contributed by atoms with Crippen LogP contribution in [0.25, 0.3) is 5.65 Å². The number of nitrogens with one attached hydrogen (secondary N) is 2. The lowest BCUT2D eigenvalue weighted by molar-refractivity contribution is 0.0604. The molecule has 2 amide bonds. The van der Waals surface area contributed by atoms with Crippen molar-refractivity contribution in [1.82, 2.24) is 19.9 Å². The Labute approximate surface area is 130 Å². The number of carbonyl (C=O) groups is 1. The first-order valence-electron chi connectivity index (χ1n) is 6.66. The standard InChI is InChI=1S/C14H15N5O2S/c1-14(21,10-5-7-22-8-10)9-15-13(20)16-12-18-17-11-4-2-3-6-19(11)12/h2-8,21H,9H2,1H3,(H2,15,16,18,20)/t14-/m1/s1. The molecular formula is C14H15N5O2S. The Kier molecular flexibility index (Phi) is 3.78. The number of hydrogen-bond acceptors (Lipinski definition) is 5. The third-order valence-electron chi connectivity index (χ3n) is 3.28. The van der Waals surface area contributed by atoms with E-state index in [2.05, 4.69) is 20.8 Å². The molecule has 0 radical (unpaired) electrons. The van der Waals surface area contributed by atoms with Crippen molar-refractivity contribution < 1.29 is 9.90 Å². The normalized spacial score (nSPS) is 13.7. The fourth-order valence-electron chi connectivity index (χ4n) is 2.00. The fourth-order valence-corrected chi connectivity index (χ4v) is 2.78. The van der Waals surface area contributed by atoms with Crippen LogP contribution in [-0.4, -0.2) is 32.3 Å². The van der Waals surface area contributed by atoms with Gasteiger partial charge in [0.05, 0.1) is 6.54 Å². The van der Waals surface area contributed by atoms with Crippen molar-refractivity contribution in [3.05, 3.63) is 46.8 Å². The number of rotatable bonds is 4. The Morgan fingerprint density at radius 3 is 3.05 bits per heavy atom. The van der Waals surface area contributed by atoms with Crippen LogP contribution in [0, 0.1) is 0 Å². The van der Waals surface area contributed by atoms with E-state index in [1.54, 1.807) is 23.6 Å². The van der Waals surface area contributed by atoms with Crippen LogP contribution in [-0.2, 0) is 5.60 Å². The van der Waals surface area contributed by atoms with Gasteiger partial charge in [-0.2, -0.15) is 11.3 Å². The van der Waals surface area contributed by atoms with E-state index in [1.807, 2.05) is 29.0 Å². The first kappa shape index (κ1) is 14.5. The molecule has 0 aliphatic heterocycles. The van der Waals surface area contributed by atoms with Crippen LogP contribution in [0.1, 0.15) is 12.5 Å². The van der Waals surface area contributed by atoms with Gasteiger partial charge in [0.25, 0.3) is 0 Å². The molecule has 1 atom stereocenters. The molecule has 0 unspecified atom stereocenters. The molecule has 0 spiro atoms. The van der Waals surface area contributed by atoms with Gasteiger partial charge < -0.3 is 10.4 Å². The van der Waals surface area contributed by atoms with Crippen LogP contribution >= 0.6 is 11.3 Å². The number of pyridine rings is 1. The van der Waals surface area contributed by atoms with Crippen LogP contribution in [0.5, 0.6) is 0 Å². The van der Waals surface area contributed by atoms with E-state index in [4.69, 9.17) is 0 Å². The van der Waals surface area contributed by atoms with E-state index >= 15 is 0 Å². The second kappa shape index (κ2) is 5.74. The van der Waals surface area contributed by atoms with Crippen molar-refractivity contribution in [1.29, 1.82) is 0 Å². The van der Waals surface area contributed by atoms with Gasteiger partial charge in [-0.05, 0) is 41.4 Å². The summed E-state index contributed by atoms with van der Waals surface area (Å²) in [6.45, 7) is 1.74. The van der Waals surface area contributed by atoms with Crippen molar-refractivity contribution in [3.63, 3.8) is 0 Å². The predicted molar refractivity (Wildman–Crippen MR) is 83.9 cm³/mol. The number of thiophene rings is 1. The Hall–Kier alpha value is -2.45. The number of aliphatic hydroxyl groups is 1. The quantitative estimate of drug-likeness (QED) is 0.684. The van der Waals surface area contributed by atoms with Crippen molar-refractivity contribution in [3.8, 4) is 0 Å². The molecule has 3 heterocycles. The van der Waals surface area contributed by atoms with E-state index in [0.717, 1.165) is 5.56 Å². The predicted octanol–water partition coefficient (Wildman–Crippen LogP) is 1.82. The molecule has 3 N–H and O–H groups in total. The molecule has 22 heavy (non-hydrogen) atoms. The summed E-state index contributed by atoms with van der Waals surface area (Å²) < 4.78 is 1.66. The van der Waals surface area contributed by atoms with Crippen molar-refractivity contribution in [2.75, 3.05) is 11.9 Å². The molecule has 0 bridgehead atoms. The number of aromatic nitrogens is 3. The minimum atomic E-state index is -1.12. The SMILES string of the molecule is C[C@@](O)(CNC(=O)Nc1nnc2ccccn12)c1ccsc1. The highest BCUT2D eigenvalue weighted by Gasteiger charge is 2.24. The molecule has 0 saturated heterocycles. The van der Waals surface area contributed by atoms with Gasteiger partial charge in [-0.15, -0.1) is 10.2 Å². The molecular weight excluding hydrogens is 302 g/mol. The van der Waals surface area contributed by atoms with Crippen LogP contribution in [0.3, 0.4) is 0 Å². The second-order valence-electron chi connectivity index (χ2n) is 5.05. The van der Waals surface area contributed by atoms with Crippen molar-refractivity contribution in [2.24, 2.45) is 0 Å². The Morgan fingerprint density at radius 2 is 2.27 bits per heavy atom. The lowest BCUT2D eigenvalue weighted by atomic mass is 9.99. The van der Waals surface area contributed by atoms with Gasteiger partial charge in [-0.25, -0.2) is 4.79 Å². The number of hydrogen-bond donors (Lipinski definition) is 3. The number of urea groups is 1. The Morgan fingerprint density at radius 1 is 1.41 bits per heavy atom. The van der Waals surface area contributed by atoms with Crippen LogP contribution in [0.15, 0.2) is 41.2 Å². The summed E-state index contributed by atoms with van der Waals surface area (Å²) in [4.78, 5) is 12.0.